The van der Waals surface area contributed by atoms with E-state index in [1.807, 2.05) is 0 Å². The summed E-state index contributed by atoms with van der Waals surface area (Å²) in [7, 11) is 1.39. The van der Waals surface area contributed by atoms with Crippen LogP contribution >= 0.6 is 23.2 Å². The van der Waals surface area contributed by atoms with Gasteiger partial charge in [0.25, 0.3) is 0 Å². The molecule has 0 saturated heterocycles. The van der Waals surface area contributed by atoms with Gasteiger partial charge < -0.3 is 4.74 Å². The minimum atomic E-state index is -0.486. The highest BCUT2D eigenvalue weighted by Gasteiger charge is 2.11. The predicted octanol–water partition coefficient (Wildman–Crippen LogP) is 3.23. The lowest BCUT2D eigenvalue weighted by molar-refractivity contribution is 0.385. The van der Waals surface area contributed by atoms with E-state index in [1.54, 1.807) is 6.07 Å². The Morgan fingerprint density at radius 1 is 1.50 bits per heavy atom. The van der Waals surface area contributed by atoms with Crippen LogP contribution in [0.25, 0.3) is 0 Å². The third-order valence-corrected chi connectivity index (χ3v) is 2.13. The minimum absolute atomic E-state index is 0.0435. The quantitative estimate of drug-likeness (QED) is 0.679. The SMILES string of the molecule is COc1ccc(Cl)c(CCl)c1F. The molecule has 0 bridgehead atoms. The van der Waals surface area contributed by atoms with E-state index in [0.29, 0.717) is 5.02 Å². The molecule has 0 radical (unpaired) electrons. The van der Waals surface area contributed by atoms with Gasteiger partial charge >= 0.3 is 0 Å². The number of benzene rings is 1. The molecule has 1 aromatic carbocycles. The van der Waals surface area contributed by atoms with Crippen molar-refractivity contribution in [2.75, 3.05) is 7.11 Å². The maximum absolute atomic E-state index is 13.2. The zero-order valence-electron chi connectivity index (χ0n) is 6.40. The average Bonchev–Trinajstić information content (AvgIpc) is 2.06. The maximum atomic E-state index is 13.2. The lowest BCUT2D eigenvalue weighted by Crippen LogP contribution is -1.93. The molecule has 66 valence electrons. The lowest BCUT2D eigenvalue weighted by Gasteiger charge is -2.06. The van der Waals surface area contributed by atoms with E-state index < -0.39 is 5.82 Å². The molecule has 0 aliphatic carbocycles. The molecule has 1 aromatic rings. The number of alkyl halides is 1. The van der Waals surface area contributed by atoms with Crippen LogP contribution in [-0.2, 0) is 5.88 Å². The first-order chi connectivity index (χ1) is 5.70. The van der Waals surface area contributed by atoms with Crippen molar-refractivity contribution in [1.29, 1.82) is 0 Å². The van der Waals surface area contributed by atoms with Gasteiger partial charge in [-0.2, -0.15) is 0 Å². The molecule has 1 nitrogen and oxygen atoms in total. The smallest absolute Gasteiger partial charge is 0.170 e. The highest BCUT2D eigenvalue weighted by Crippen LogP contribution is 2.27. The fourth-order valence-electron chi connectivity index (χ4n) is 0.856. The fourth-order valence-corrected chi connectivity index (χ4v) is 1.40. The summed E-state index contributed by atoms with van der Waals surface area (Å²) in [6.07, 6.45) is 0. The van der Waals surface area contributed by atoms with Crippen LogP contribution in [0.3, 0.4) is 0 Å². The number of hydrogen-bond donors (Lipinski definition) is 0. The molecule has 1 rings (SSSR count). The average molecular weight is 209 g/mol. The van der Waals surface area contributed by atoms with Crippen LogP contribution in [0.5, 0.6) is 5.75 Å². The largest absolute Gasteiger partial charge is 0.494 e. The highest BCUT2D eigenvalue weighted by atomic mass is 35.5. The van der Waals surface area contributed by atoms with Gasteiger partial charge in [-0.3, -0.25) is 0 Å². The summed E-state index contributed by atoms with van der Waals surface area (Å²) in [5.74, 6) is -0.281. The number of halogens is 3. The molecule has 4 heteroatoms. The molecule has 0 N–H and O–H groups in total. The highest BCUT2D eigenvalue weighted by molar-refractivity contribution is 6.32. The van der Waals surface area contributed by atoms with E-state index in [9.17, 15) is 4.39 Å². The van der Waals surface area contributed by atoms with Gasteiger partial charge in [0.15, 0.2) is 11.6 Å². The van der Waals surface area contributed by atoms with E-state index >= 15 is 0 Å². The van der Waals surface area contributed by atoms with Crippen LogP contribution in [-0.4, -0.2) is 7.11 Å². The lowest BCUT2D eigenvalue weighted by atomic mass is 10.2. The fraction of sp³-hybridized carbons (Fsp3) is 0.250. The van der Waals surface area contributed by atoms with Crippen molar-refractivity contribution in [3.05, 3.63) is 28.5 Å². The van der Waals surface area contributed by atoms with Gasteiger partial charge in [-0.15, -0.1) is 11.6 Å². The Balaban J connectivity index is 3.24. The zero-order chi connectivity index (χ0) is 9.14. The van der Waals surface area contributed by atoms with Crippen LogP contribution in [0.4, 0.5) is 4.39 Å². The summed E-state index contributed by atoms with van der Waals surface area (Å²) in [6, 6.07) is 3.02. The molecule has 0 spiro atoms. The van der Waals surface area contributed by atoms with Crippen molar-refractivity contribution in [3.63, 3.8) is 0 Å². The van der Waals surface area contributed by atoms with Crippen molar-refractivity contribution in [3.8, 4) is 5.75 Å². The van der Waals surface area contributed by atoms with Crippen LogP contribution in [0.1, 0.15) is 5.56 Å². The first-order valence-electron chi connectivity index (χ1n) is 3.27. The zero-order valence-corrected chi connectivity index (χ0v) is 7.92. The Morgan fingerprint density at radius 3 is 2.67 bits per heavy atom. The molecule has 0 fully saturated rings. The summed E-state index contributed by atoms with van der Waals surface area (Å²) >= 11 is 11.2. The summed E-state index contributed by atoms with van der Waals surface area (Å²) in [6.45, 7) is 0. The number of ether oxygens (including phenoxy) is 1. The van der Waals surface area contributed by atoms with E-state index in [4.69, 9.17) is 27.9 Å². The molecule has 0 amide bonds. The maximum Gasteiger partial charge on any atom is 0.170 e. The van der Waals surface area contributed by atoms with Gasteiger partial charge in [-0.05, 0) is 12.1 Å². The van der Waals surface area contributed by atoms with Gasteiger partial charge in [0.2, 0.25) is 0 Å². The van der Waals surface area contributed by atoms with E-state index in [1.165, 1.54) is 13.2 Å². The Kier molecular flexibility index (Phi) is 3.18. The minimum Gasteiger partial charge on any atom is -0.494 e. The second-order valence-electron chi connectivity index (χ2n) is 2.18. The molecule has 0 saturated carbocycles. The molecular formula is C8H7Cl2FO. The molecule has 0 heterocycles. The Morgan fingerprint density at radius 2 is 2.17 bits per heavy atom. The molecular weight excluding hydrogens is 202 g/mol. The molecule has 0 aliphatic rings. The van der Waals surface area contributed by atoms with E-state index in [0.717, 1.165) is 0 Å². The van der Waals surface area contributed by atoms with Crippen LogP contribution in [0, 0.1) is 5.82 Å². The normalized spacial score (nSPS) is 10.0. The predicted molar refractivity (Wildman–Crippen MR) is 47.5 cm³/mol. The summed E-state index contributed by atoms with van der Waals surface area (Å²) in [5.41, 5.74) is 0.276. The molecule has 12 heavy (non-hydrogen) atoms. The number of rotatable bonds is 2. The molecule has 0 atom stereocenters. The first-order valence-corrected chi connectivity index (χ1v) is 4.18. The van der Waals surface area contributed by atoms with Crippen molar-refractivity contribution in [2.24, 2.45) is 0 Å². The van der Waals surface area contributed by atoms with Crippen molar-refractivity contribution in [2.45, 2.75) is 5.88 Å². The second kappa shape index (κ2) is 3.97. The Bertz CT molecular complexity index is 289. The van der Waals surface area contributed by atoms with Gasteiger partial charge in [0.05, 0.1) is 13.0 Å². The van der Waals surface area contributed by atoms with Crippen molar-refractivity contribution in [1.82, 2.24) is 0 Å². The van der Waals surface area contributed by atoms with Gasteiger partial charge in [0.1, 0.15) is 0 Å². The van der Waals surface area contributed by atoms with Crippen LogP contribution in [0.15, 0.2) is 12.1 Å². The van der Waals surface area contributed by atoms with Crippen LogP contribution < -0.4 is 4.74 Å². The van der Waals surface area contributed by atoms with Crippen LogP contribution in [0.2, 0.25) is 5.02 Å². The first kappa shape index (κ1) is 9.62. The van der Waals surface area contributed by atoms with Crippen molar-refractivity contribution >= 4 is 23.2 Å². The van der Waals surface area contributed by atoms with Gasteiger partial charge in [-0.25, -0.2) is 4.39 Å². The van der Waals surface area contributed by atoms with Crippen molar-refractivity contribution < 1.29 is 9.13 Å². The molecule has 0 aliphatic heterocycles. The molecule has 0 aromatic heterocycles. The summed E-state index contributed by atoms with van der Waals surface area (Å²) < 4.78 is 18.0. The Hall–Kier alpha value is -0.470. The molecule has 0 unspecified atom stereocenters. The topological polar surface area (TPSA) is 9.23 Å². The van der Waals surface area contributed by atoms with Gasteiger partial charge in [0, 0.05) is 10.6 Å². The van der Waals surface area contributed by atoms with Gasteiger partial charge in [-0.1, -0.05) is 11.6 Å². The van der Waals surface area contributed by atoms with E-state index in [2.05, 4.69) is 0 Å². The third kappa shape index (κ3) is 1.65. The summed E-state index contributed by atoms with van der Waals surface area (Å²) in [5, 5.41) is 0.323. The second-order valence-corrected chi connectivity index (χ2v) is 2.85. The van der Waals surface area contributed by atoms with E-state index in [-0.39, 0.29) is 17.2 Å². The number of methoxy groups -OCH3 is 1. The summed E-state index contributed by atoms with van der Waals surface area (Å²) in [4.78, 5) is 0. The monoisotopic (exact) mass is 208 g/mol. The Labute approximate surface area is 80.0 Å². The number of hydrogen-bond acceptors (Lipinski definition) is 1. The third-order valence-electron chi connectivity index (χ3n) is 1.50. The standard InChI is InChI=1S/C8H7Cl2FO/c1-12-7-3-2-6(10)5(4-9)8(7)11/h2-3H,4H2,1H3.